The lowest BCUT2D eigenvalue weighted by Gasteiger charge is -2.27. The topological polar surface area (TPSA) is 101 Å². The molecule has 0 radical (unpaired) electrons. The Balaban J connectivity index is 1.33. The molecule has 0 aliphatic carbocycles. The van der Waals surface area contributed by atoms with Gasteiger partial charge in [-0.2, -0.15) is 0 Å². The van der Waals surface area contributed by atoms with E-state index in [1.54, 1.807) is 29.0 Å². The molecule has 1 fully saturated rings. The summed E-state index contributed by atoms with van der Waals surface area (Å²) in [4.78, 5) is 32.2. The largest absolute Gasteiger partial charge is 0.573 e. The second-order valence-electron chi connectivity index (χ2n) is 9.47. The minimum absolute atomic E-state index is 0.123. The second-order valence-corrected chi connectivity index (χ2v) is 11.5. The molecule has 3 aromatic carbocycles. The van der Waals surface area contributed by atoms with Gasteiger partial charge in [0.1, 0.15) is 17.7 Å². The number of halogens is 2. The standard InChI is InChI=1S/C28H27F2N5O3S2/c1-34(22-9-10-26-23(16-22)31-17-39-26)27(36)24(14-18-12-20(29)15-21(30)13-18)32-28(37)33-40(38)35-11-5-8-25(35)19-6-3-2-4-7-19/h2-4,6-7,9-10,12-13,15-17,24-25H,5,8,11,14H2,1H3,(H2,32,33,37)/t24-,25?,40+/m0/s1. The molecule has 0 bridgehead atoms. The van der Waals surface area contributed by atoms with Crippen LogP contribution in [0.15, 0.2) is 72.2 Å². The molecule has 40 heavy (non-hydrogen) atoms. The van der Waals surface area contributed by atoms with Crippen LogP contribution < -0.4 is 14.9 Å². The number of anilines is 1. The van der Waals surface area contributed by atoms with Gasteiger partial charge in [-0.1, -0.05) is 34.6 Å². The first-order chi connectivity index (χ1) is 19.3. The first kappa shape index (κ1) is 28.0. The zero-order valence-corrected chi connectivity index (χ0v) is 23.2. The Morgan fingerprint density at radius 1 is 1.15 bits per heavy atom. The third-order valence-corrected chi connectivity index (χ3v) is 8.81. The molecular formula is C28H27F2N5O3S2. The van der Waals surface area contributed by atoms with Crippen molar-refractivity contribution in [2.24, 2.45) is 0 Å². The van der Waals surface area contributed by atoms with Gasteiger partial charge in [-0.15, -0.1) is 16.1 Å². The molecule has 0 saturated carbocycles. The maximum atomic E-state index is 13.9. The van der Waals surface area contributed by atoms with Crippen LogP contribution in [0, 0.1) is 11.6 Å². The highest BCUT2D eigenvalue weighted by Crippen LogP contribution is 2.33. The quantitative estimate of drug-likeness (QED) is 0.289. The summed E-state index contributed by atoms with van der Waals surface area (Å²) in [5, 5.41) is 2.58. The van der Waals surface area contributed by atoms with Crippen LogP contribution in [-0.2, 0) is 22.8 Å². The van der Waals surface area contributed by atoms with E-state index in [1.165, 1.54) is 16.2 Å². The molecule has 8 nitrogen and oxygen atoms in total. The van der Waals surface area contributed by atoms with E-state index in [2.05, 4.69) is 15.0 Å². The molecule has 12 heteroatoms. The van der Waals surface area contributed by atoms with E-state index in [1.807, 2.05) is 36.4 Å². The zero-order chi connectivity index (χ0) is 28.2. The van der Waals surface area contributed by atoms with E-state index in [4.69, 9.17) is 0 Å². The molecule has 3 amide bonds. The van der Waals surface area contributed by atoms with Crippen molar-refractivity contribution < 1.29 is 22.9 Å². The zero-order valence-electron chi connectivity index (χ0n) is 21.6. The lowest BCUT2D eigenvalue weighted by Crippen LogP contribution is -2.54. The number of likely N-dealkylation sites (N-methyl/N-ethyl adjacent to an activating group) is 1. The van der Waals surface area contributed by atoms with Crippen LogP contribution in [-0.4, -0.2) is 45.4 Å². The van der Waals surface area contributed by atoms with Gasteiger partial charge in [-0.3, -0.25) is 4.79 Å². The van der Waals surface area contributed by atoms with E-state index < -0.39 is 41.2 Å². The van der Waals surface area contributed by atoms with Crippen LogP contribution in [0.25, 0.3) is 10.2 Å². The number of hydrogen-bond donors (Lipinski definition) is 2. The molecule has 208 valence electrons. The number of rotatable bonds is 8. The number of urea groups is 1. The lowest BCUT2D eigenvalue weighted by molar-refractivity contribution is -0.120. The molecular weight excluding hydrogens is 556 g/mol. The molecule has 5 rings (SSSR count). The number of carbonyl (C=O) groups excluding carboxylic acids is 2. The molecule has 1 aliphatic heterocycles. The second kappa shape index (κ2) is 12.3. The van der Waals surface area contributed by atoms with Gasteiger partial charge in [-0.25, -0.2) is 18.6 Å². The van der Waals surface area contributed by atoms with Crippen molar-refractivity contribution in [2.45, 2.75) is 31.3 Å². The van der Waals surface area contributed by atoms with Crippen LogP contribution in [0.2, 0.25) is 0 Å². The molecule has 1 unspecified atom stereocenters. The fraction of sp³-hybridized carbons (Fsp3) is 0.250. The number of fused-ring (bicyclic) bond motifs is 1. The third kappa shape index (κ3) is 6.41. The van der Waals surface area contributed by atoms with Gasteiger partial charge in [0, 0.05) is 31.8 Å². The van der Waals surface area contributed by atoms with Crippen molar-refractivity contribution in [3.8, 4) is 0 Å². The van der Waals surface area contributed by atoms with Gasteiger partial charge >= 0.3 is 6.03 Å². The third-order valence-electron chi connectivity index (χ3n) is 6.78. The average molecular weight is 584 g/mol. The Hall–Kier alpha value is -3.58. The van der Waals surface area contributed by atoms with E-state index in [0.29, 0.717) is 17.7 Å². The number of nitrogens with one attached hydrogen (secondary N) is 2. The number of nitrogens with zero attached hydrogens (tertiary/aromatic N) is 3. The summed E-state index contributed by atoms with van der Waals surface area (Å²) in [5.41, 5.74) is 4.13. The Bertz CT molecular complexity index is 1490. The van der Waals surface area contributed by atoms with Crippen molar-refractivity contribution in [3.63, 3.8) is 0 Å². The Kier molecular flexibility index (Phi) is 8.60. The highest BCUT2D eigenvalue weighted by Gasteiger charge is 2.37. The van der Waals surface area contributed by atoms with E-state index in [0.717, 1.165) is 41.3 Å². The summed E-state index contributed by atoms with van der Waals surface area (Å²) in [6, 6.07) is 15.7. The van der Waals surface area contributed by atoms with Crippen molar-refractivity contribution in [1.29, 1.82) is 0 Å². The normalized spacial score (nSPS) is 16.9. The fourth-order valence-corrected chi connectivity index (χ4v) is 6.60. The van der Waals surface area contributed by atoms with Crippen molar-refractivity contribution >= 4 is 50.7 Å². The predicted octanol–water partition coefficient (Wildman–Crippen LogP) is 4.86. The smallest absolute Gasteiger partial charge is 0.358 e. The molecule has 2 N–H and O–H groups in total. The summed E-state index contributed by atoms with van der Waals surface area (Å²) >= 11 is -0.412. The van der Waals surface area contributed by atoms with E-state index >= 15 is 0 Å². The van der Waals surface area contributed by atoms with Crippen LogP contribution in [0.3, 0.4) is 0 Å². The number of aromatic nitrogens is 1. The minimum atomic E-state index is -1.88. The van der Waals surface area contributed by atoms with E-state index in [-0.39, 0.29) is 18.0 Å². The van der Waals surface area contributed by atoms with Gasteiger partial charge < -0.3 is 14.8 Å². The van der Waals surface area contributed by atoms with Crippen LogP contribution in [0.4, 0.5) is 19.3 Å². The summed E-state index contributed by atoms with van der Waals surface area (Å²) in [6.45, 7) is 0.527. The number of thiazole rings is 1. The summed E-state index contributed by atoms with van der Waals surface area (Å²) in [5.74, 6) is -2.12. The van der Waals surface area contributed by atoms with Crippen molar-refractivity contribution in [3.05, 3.63) is 95.0 Å². The Labute approximate surface area is 237 Å². The van der Waals surface area contributed by atoms with Crippen molar-refractivity contribution in [1.82, 2.24) is 19.3 Å². The summed E-state index contributed by atoms with van der Waals surface area (Å²) in [6.07, 6.45) is 1.42. The van der Waals surface area contributed by atoms with Gasteiger partial charge in [-0.05, 0) is 54.3 Å². The number of carbonyl (C=O) groups is 2. The molecule has 1 aliphatic rings. The van der Waals surface area contributed by atoms with Crippen LogP contribution in [0.5, 0.6) is 0 Å². The summed E-state index contributed by atoms with van der Waals surface area (Å²) < 4.78 is 46.1. The maximum absolute atomic E-state index is 13.9. The highest BCUT2D eigenvalue weighted by atomic mass is 32.2. The number of hydrogen-bond acceptors (Lipinski definition) is 6. The molecule has 4 aromatic rings. The minimum Gasteiger partial charge on any atom is -0.573 e. The van der Waals surface area contributed by atoms with Crippen molar-refractivity contribution in [2.75, 3.05) is 18.5 Å². The fourth-order valence-electron chi connectivity index (χ4n) is 4.85. The van der Waals surface area contributed by atoms with Crippen LogP contribution in [0.1, 0.15) is 30.0 Å². The van der Waals surface area contributed by atoms with Gasteiger partial charge in [0.2, 0.25) is 5.91 Å². The Morgan fingerprint density at radius 2 is 1.90 bits per heavy atom. The SMILES string of the molecule is CN(C(=O)[C@H](Cc1cc(F)cc(F)c1)NC(=O)N[S@@+]([O-])N1CCCC1c1ccccc1)c1ccc2scnc2c1. The molecule has 0 spiro atoms. The molecule has 1 aromatic heterocycles. The molecule has 2 heterocycles. The average Bonchev–Trinajstić information content (AvgIpc) is 3.61. The maximum Gasteiger partial charge on any atom is 0.358 e. The number of amides is 3. The number of benzene rings is 3. The summed E-state index contributed by atoms with van der Waals surface area (Å²) in [7, 11) is 1.54. The first-order valence-corrected chi connectivity index (χ1v) is 14.6. The van der Waals surface area contributed by atoms with Gasteiger partial charge in [0.05, 0.1) is 21.8 Å². The van der Waals surface area contributed by atoms with Gasteiger partial charge in [0.15, 0.2) is 11.5 Å². The monoisotopic (exact) mass is 583 g/mol. The Morgan fingerprint density at radius 3 is 2.65 bits per heavy atom. The molecule has 3 atom stereocenters. The lowest BCUT2D eigenvalue weighted by atomic mass is 10.0. The predicted molar refractivity (Wildman–Crippen MR) is 152 cm³/mol. The van der Waals surface area contributed by atoms with E-state index in [9.17, 15) is 22.9 Å². The molecule has 1 saturated heterocycles. The van der Waals surface area contributed by atoms with Crippen LogP contribution >= 0.6 is 11.3 Å². The highest BCUT2D eigenvalue weighted by molar-refractivity contribution is 7.87. The first-order valence-electron chi connectivity index (χ1n) is 12.6. The van der Waals surface area contributed by atoms with Gasteiger partial charge in [0.25, 0.3) is 0 Å².